The molecule has 5 nitrogen and oxygen atoms in total. The molecule has 1 aliphatic carbocycles. The van der Waals surface area contributed by atoms with Crippen molar-refractivity contribution in [3.8, 4) is 11.3 Å². The average Bonchev–Trinajstić information content (AvgIpc) is 3.40. The minimum absolute atomic E-state index is 0.708. The molecule has 0 bridgehead atoms. The summed E-state index contributed by atoms with van der Waals surface area (Å²) in [4.78, 5) is 2.51. The number of hydrogen-bond donors (Lipinski definition) is 0. The molecular formula is C24H24N4O. The summed E-state index contributed by atoms with van der Waals surface area (Å²) in [5, 5.41) is 11.5. The Morgan fingerprint density at radius 2 is 1.97 bits per heavy atom. The summed E-state index contributed by atoms with van der Waals surface area (Å²) in [5.74, 6) is 1.75. The maximum Gasteiger partial charge on any atom is 0.143 e. The molecule has 146 valence electrons. The fourth-order valence-corrected chi connectivity index (χ4v) is 4.78. The van der Waals surface area contributed by atoms with Gasteiger partial charge in [0.05, 0.1) is 6.20 Å². The highest BCUT2D eigenvalue weighted by Gasteiger charge is 2.31. The first-order valence-corrected chi connectivity index (χ1v) is 10.5. The van der Waals surface area contributed by atoms with Gasteiger partial charge in [-0.2, -0.15) is 5.10 Å². The molecule has 0 saturated heterocycles. The zero-order valence-corrected chi connectivity index (χ0v) is 16.6. The largest absolute Gasteiger partial charge is 0.360 e. The Balaban J connectivity index is 1.33. The second-order valence-corrected chi connectivity index (χ2v) is 8.37. The maximum atomic E-state index is 5.77. The number of rotatable bonds is 4. The molecule has 0 atom stereocenters. The van der Waals surface area contributed by atoms with Gasteiger partial charge >= 0.3 is 0 Å². The Morgan fingerprint density at radius 3 is 2.86 bits per heavy atom. The minimum Gasteiger partial charge on any atom is -0.360 e. The first kappa shape index (κ1) is 17.0. The van der Waals surface area contributed by atoms with Crippen LogP contribution in [0.3, 0.4) is 0 Å². The molecule has 1 fully saturated rings. The third-order valence-corrected chi connectivity index (χ3v) is 6.37. The van der Waals surface area contributed by atoms with E-state index in [2.05, 4.69) is 75.5 Å². The topological polar surface area (TPSA) is 47.1 Å². The molecule has 5 heteroatoms. The van der Waals surface area contributed by atoms with E-state index < -0.39 is 0 Å². The fraction of sp³-hybridized carbons (Fsp3) is 0.333. The van der Waals surface area contributed by atoms with Gasteiger partial charge in [0, 0.05) is 61.4 Å². The lowest BCUT2D eigenvalue weighted by Gasteiger charge is -2.26. The second kappa shape index (κ2) is 6.56. The van der Waals surface area contributed by atoms with Gasteiger partial charge in [-0.25, -0.2) is 0 Å². The van der Waals surface area contributed by atoms with E-state index in [1.54, 1.807) is 0 Å². The van der Waals surface area contributed by atoms with Crippen molar-refractivity contribution >= 4 is 10.8 Å². The van der Waals surface area contributed by atoms with Crippen molar-refractivity contribution in [2.45, 2.75) is 38.3 Å². The van der Waals surface area contributed by atoms with Crippen molar-refractivity contribution in [2.75, 3.05) is 6.54 Å². The summed E-state index contributed by atoms with van der Waals surface area (Å²) < 4.78 is 7.84. The van der Waals surface area contributed by atoms with Crippen molar-refractivity contribution in [1.82, 2.24) is 19.8 Å². The molecule has 29 heavy (non-hydrogen) atoms. The molecule has 2 aliphatic rings. The van der Waals surface area contributed by atoms with Crippen LogP contribution < -0.4 is 0 Å². The second-order valence-electron chi connectivity index (χ2n) is 8.37. The monoisotopic (exact) mass is 384 g/mol. The van der Waals surface area contributed by atoms with E-state index in [9.17, 15) is 0 Å². The van der Waals surface area contributed by atoms with Gasteiger partial charge in [-0.3, -0.25) is 9.58 Å². The summed E-state index contributed by atoms with van der Waals surface area (Å²) >= 11 is 0. The quantitative estimate of drug-likeness (QED) is 0.513. The highest BCUT2D eigenvalue weighted by atomic mass is 16.5. The smallest absolute Gasteiger partial charge is 0.143 e. The van der Waals surface area contributed by atoms with E-state index in [1.165, 1.54) is 40.4 Å². The van der Waals surface area contributed by atoms with Crippen LogP contribution in [0.4, 0.5) is 0 Å². The van der Waals surface area contributed by atoms with Gasteiger partial charge in [0.2, 0.25) is 0 Å². The van der Waals surface area contributed by atoms with Crippen molar-refractivity contribution in [3.05, 3.63) is 71.2 Å². The van der Waals surface area contributed by atoms with Gasteiger partial charge < -0.3 is 4.52 Å². The van der Waals surface area contributed by atoms with Gasteiger partial charge in [0.1, 0.15) is 11.5 Å². The van der Waals surface area contributed by atoms with E-state index >= 15 is 0 Å². The van der Waals surface area contributed by atoms with E-state index in [1.807, 2.05) is 0 Å². The van der Waals surface area contributed by atoms with Crippen LogP contribution in [-0.2, 0) is 26.6 Å². The molecule has 1 saturated carbocycles. The van der Waals surface area contributed by atoms with Crippen molar-refractivity contribution in [3.63, 3.8) is 0 Å². The van der Waals surface area contributed by atoms with Gasteiger partial charge in [-0.15, -0.1) is 0 Å². The Morgan fingerprint density at radius 1 is 1.10 bits per heavy atom. The molecule has 1 aliphatic heterocycles. The molecule has 0 spiro atoms. The van der Waals surface area contributed by atoms with Crippen molar-refractivity contribution < 1.29 is 4.52 Å². The Labute approximate surface area is 169 Å². The van der Waals surface area contributed by atoms with Crippen LogP contribution >= 0.6 is 0 Å². The van der Waals surface area contributed by atoms with Gasteiger partial charge in [0.25, 0.3) is 0 Å². The highest BCUT2D eigenvalue weighted by molar-refractivity contribution is 5.96. The van der Waals surface area contributed by atoms with Crippen LogP contribution in [0.5, 0.6) is 0 Å². The third-order valence-electron chi connectivity index (χ3n) is 6.37. The predicted molar refractivity (Wildman–Crippen MR) is 112 cm³/mol. The Kier molecular flexibility index (Phi) is 3.84. The molecule has 3 heterocycles. The predicted octanol–water partition coefficient (Wildman–Crippen LogP) is 4.66. The molecule has 4 aromatic rings. The zero-order valence-electron chi connectivity index (χ0n) is 16.6. The van der Waals surface area contributed by atoms with Crippen LogP contribution in [0.15, 0.2) is 53.2 Å². The van der Waals surface area contributed by atoms with E-state index in [-0.39, 0.29) is 0 Å². The van der Waals surface area contributed by atoms with Crippen LogP contribution in [0.25, 0.3) is 22.0 Å². The van der Waals surface area contributed by atoms with Gasteiger partial charge in [-0.05, 0) is 23.6 Å². The lowest BCUT2D eigenvalue weighted by Crippen LogP contribution is -2.30. The zero-order chi connectivity index (χ0) is 19.4. The third kappa shape index (κ3) is 2.88. The lowest BCUT2D eigenvalue weighted by atomic mass is 9.97. The first-order valence-electron chi connectivity index (χ1n) is 10.5. The van der Waals surface area contributed by atoms with E-state index in [0.29, 0.717) is 5.92 Å². The molecular weight excluding hydrogens is 360 g/mol. The van der Waals surface area contributed by atoms with Crippen LogP contribution in [0.1, 0.15) is 41.3 Å². The van der Waals surface area contributed by atoms with Crippen LogP contribution in [-0.4, -0.2) is 26.4 Å². The highest BCUT2D eigenvalue weighted by Crippen LogP contribution is 2.42. The first-order chi connectivity index (χ1) is 14.3. The lowest BCUT2D eigenvalue weighted by molar-refractivity contribution is 0.228. The normalized spacial score (nSPS) is 17.0. The van der Waals surface area contributed by atoms with Gasteiger partial charge in [0.15, 0.2) is 0 Å². The van der Waals surface area contributed by atoms with Crippen LogP contribution in [0.2, 0.25) is 0 Å². The minimum atomic E-state index is 0.708. The average molecular weight is 384 g/mol. The summed E-state index contributed by atoms with van der Waals surface area (Å²) in [7, 11) is 2.07. The van der Waals surface area contributed by atoms with Crippen LogP contribution in [0, 0.1) is 0 Å². The van der Waals surface area contributed by atoms with E-state index in [0.717, 1.165) is 43.1 Å². The molecule has 0 unspecified atom stereocenters. The number of benzene rings is 2. The number of aryl methyl sites for hydroxylation is 1. The summed E-state index contributed by atoms with van der Waals surface area (Å²) in [5.41, 5.74) is 6.20. The molecule has 0 radical (unpaired) electrons. The summed E-state index contributed by atoms with van der Waals surface area (Å²) in [6.45, 7) is 2.81. The molecule has 0 N–H and O–H groups in total. The summed E-state index contributed by atoms with van der Waals surface area (Å²) in [6, 6.07) is 14.9. The van der Waals surface area contributed by atoms with E-state index in [4.69, 9.17) is 4.52 Å². The molecule has 0 amide bonds. The standard InChI is InChI=1S/C24H24N4O/c1-27-24(17-9-10-17)18(13-25-27)14-28-12-11-22-21(15-28)23(26-29-22)20-8-4-6-16-5-2-3-7-19(16)20/h2-8,13,17H,9-12,14-15H2,1H3. The number of hydrogen-bond acceptors (Lipinski definition) is 4. The Bertz CT molecular complexity index is 1200. The van der Waals surface area contributed by atoms with Crippen molar-refractivity contribution in [2.24, 2.45) is 7.05 Å². The number of aromatic nitrogens is 3. The van der Waals surface area contributed by atoms with Gasteiger partial charge in [-0.1, -0.05) is 47.6 Å². The number of fused-ring (bicyclic) bond motifs is 2. The maximum absolute atomic E-state index is 5.77. The SMILES string of the molecule is Cn1ncc(CN2CCc3onc(-c4cccc5ccccc45)c3C2)c1C1CC1. The number of nitrogens with zero attached hydrogens (tertiary/aromatic N) is 4. The fourth-order valence-electron chi connectivity index (χ4n) is 4.78. The molecule has 2 aromatic heterocycles. The molecule has 6 rings (SSSR count). The molecule has 2 aromatic carbocycles. The van der Waals surface area contributed by atoms with Crippen molar-refractivity contribution in [1.29, 1.82) is 0 Å². The Hall–Kier alpha value is -2.92. The summed E-state index contributed by atoms with van der Waals surface area (Å²) in [6.07, 6.45) is 5.57.